The summed E-state index contributed by atoms with van der Waals surface area (Å²) in [6.07, 6.45) is 2.67. The molecule has 0 radical (unpaired) electrons. The second kappa shape index (κ2) is 6.67. The predicted octanol–water partition coefficient (Wildman–Crippen LogP) is 3.75. The molecular weight excluding hydrogens is 224 g/mol. The van der Waals surface area contributed by atoms with E-state index in [2.05, 4.69) is 48.8 Å². The minimum absolute atomic E-state index is 0.844. The maximum Gasteiger partial charge on any atom is 0.388 e. The van der Waals surface area contributed by atoms with Gasteiger partial charge in [0, 0.05) is 0 Å². The number of hydrogen-bond acceptors (Lipinski definition) is 1. The first-order chi connectivity index (χ1) is 8.73. The number of rotatable bonds is 3. The average molecular weight is 244 g/mol. The molecule has 0 aliphatic heterocycles. The Balaban J connectivity index is 3.70. The van der Waals surface area contributed by atoms with Crippen LogP contribution in [0.5, 0.6) is 0 Å². The molecule has 0 heterocycles. The summed E-state index contributed by atoms with van der Waals surface area (Å²) in [5.74, 6) is 0. The first-order valence-corrected chi connectivity index (χ1v) is 6.35. The van der Waals surface area contributed by atoms with Crippen molar-refractivity contribution in [2.24, 2.45) is 0 Å². The maximum absolute atomic E-state index is 8.78. The minimum Gasteiger partial charge on any atom is -0.177 e. The SMILES string of the molecule is CCc1cc(CC)c(C#[N+]O)c(CC)c1C#[N+]C. The summed E-state index contributed by atoms with van der Waals surface area (Å²) in [7, 11) is 1.72. The van der Waals surface area contributed by atoms with Gasteiger partial charge in [0.1, 0.15) is 11.1 Å². The molecule has 3 heteroatoms. The fourth-order valence-electron chi connectivity index (χ4n) is 2.22. The highest BCUT2D eigenvalue weighted by atomic mass is 16.4. The van der Waals surface area contributed by atoms with Crippen molar-refractivity contribution in [1.82, 2.24) is 0 Å². The van der Waals surface area contributed by atoms with Crippen molar-refractivity contribution in [3.8, 4) is 12.1 Å². The lowest BCUT2D eigenvalue weighted by Crippen LogP contribution is -2.03. The van der Waals surface area contributed by atoms with E-state index < -0.39 is 0 Å². The molecule has 94 valence electrons. The Morgan fingerprint density at radius 1 is 1.00 bits per heavy atom. The van der Waals surface area contributed by atoms with Crippen molar-refractivity contribution in [3.05, 3.63) is 43.7 Å². The molecule has 3 nitrogen and oxygen atoms in total. The molecule has 0 bridgehead atoms. The van der Waals surface area contributed by atoms with Gasteiger partial charge < -0.3 is 0 Å². The van der Waals surface area contributed by atoms with Crippen LogP contribution < -0.4 is 0 Å². The maximum atomic E-state index is 8.78. The molecule has 1 aromatic rings. The third-order valence-electron chi connectivity index (χ3n) is 3.10. The topological polar surface area (TPSA) is 28.9 Å². The number of benzene rings is 1. The molecule has 0 aliphatic carbocycles. The lowest BCUT2D eigenvalue weighted by atomic mass is 9.89. The van der Waals surface area contributed by atoms with Crippen molar-refractivity contribution in [2.75, 3.05) is 7.05 Å². The fraction of sp³-hybridized carbons (Fsp3) is 0.467. The molecule has 0 fully saturated rings. The van der Waals surface area contributed by atoms with Gasteiger partial charge in [0.15, 0.2) is 0 Å². The van der Waals surface area contributed by atoms with Crippen molar-refractivity contribution in [1.29, 1.82) is 0 Å². The number of hydrogen-bond donors (Lipinski definition) is 1. The molecule has 0 aromatic heterocycles. The standard InChI is InChI=1S/C15H19N2O/c1-5-11-8-12(6-2)15(10-17-18)13(7-3)14(11)9-16-4/h8H,5-7H2,1-4H3/q+1/p+1. The van der Waals surface area contributed by atoms with Crippen molar-refractivity contribution >= 4 is 0 Å². The molecule has 1 rings (SSSR count). The summed E-state index contributed by atoms with van der Waals surface area (Å²) in [6.45, 7) is 6.30. The van der Waals surface area contributed by atoms with E-state index in [1.165, 1.54) is 5.56 Å². The number of nitrogens with zero attached hydrogens (tertiary/aromatic N) is 2. The van der Waals surface area contributed by atoms with Crippen LogP contribution in [0.2, 0.25) is 0 Å². The van der Waals surface area contributed by atoms with E-state index in [0.717, 1.165) is 41.5 Å². The first kappa shape index (κ1) is 14.1. The highest BCUT2D eigenvalue weighted by Gasteiger charge is 2.19. The summed E-state index contributed by atoms with van der Waals surface area (Å²) in [6, 6.07) is 7.89. The normalized spacial score (nSPS) is 9.11. The Morgan fingerprint density at radius 3 is 1.94 bits per heavy atom. The van der Waals surface area contributed by atoms with E-state index in [0.29, 0.717) is 0 Å². The molecule has 0 spiro atoms. The Hall–Kier alpha value is -2.00. The molecule has 1 aromatic carbocycles. The van der Waals surface area contributed by atoms with Crippen molar-refractivity contribution in [3.63, 3.8) is 0 Å². The molecule has 0 saturated carbocycles. The quantitative estimate of drug-likeness (QED) is 0.806. The van der Waals surface area contributed by atoms with Gasteiger partial charge in [-0.3, -0.25) is 0 Å². The Bertz CT molecular complexity index is 508. The van der Waals surface area contributed by atoms with E-state index in [9.17, 15) is 0 Å². The van der Waals surface area contributed by atoms with Gasteiger partial charge in [0.05, 0.1) is 0 Å². The molecule has 0 unspecified atom stereocenters. The van der Waals surface area contributed by atoms with Gasteiger partial charge in [0.2, 0.25) is 5.01 Å². The largest absolute Gasteiger partial charge is 0.388 e. The van der Waals surface area contributed by atoms with Gasteiger partial charge in [-0.2, -0.15) is 5.21 Å². The lowest BCUT2D eigenvalue weighted by Gasteiger charge is -2.10. The third kappa shape index (κ3) is 2.63. The fourth-order valence-corrected chi connectivity index (χ4v) is 2.22. The third-order valence-corrected chi connectivity index (χ3v) is 3.10. The van der Waals surface area contributed by atoms with Crippen LogP contribution in [0.4, 0.5) is 0 Å². The van der Waals surface area contributed by atoms with Gasteiger partial charge in [-0.15, -0.1) is 0 Å². The van der Waals surface area contributed by atoms with Crippen LogP contribution >= 0.6 is 0 Å². The summed E-state index contributed by atoms with van der Waals surface area (Å²) in [5, 5.41) is 11.8. The Labute approximate surface area is 109 Å². The van der Waals surface area contributed by atoms with E-state index >= 15 is 0 Å². The molecule has 0 atom stereocenters. The Morgan fingerprint density at radius 2 is 1.56 bits per heavy atom. The summed E-state index contributed by atoms with van der Waals surface area (Å²) in [5.41, 5.74) is 5.40. The van der Waals surface area contributed by atoms with Crippen molar-refractivity contribution < 1.29 is 5.21 Å². The van der Waals surface area contributed by atoms with E-state index in [1.807, 2.05) is 0 Å². The molecule has 0 aliphatic rings. The molecule has 1 N–H and O–H groups in total. The van der Waals surface area contributed by atoms with Gasteiger partial charge in [-0.05, 0) is 36.0 Å². The van der Waals surface area contributed by atoms with Gasteiger partial charge in [-0.1, -0.05) is 31.7 Å². The van der Waals surface area contributed by atoms with Crippen molar-refractivity contribution in [2.45, 2.75) is 40.0 Å². The highest BCUT2D eigenvalue weighted by Crippen LogP contribution is 2.24. The van der Waals surface area contributed by atoms with E-state index in [1.54, 1.807) is 7.05 Å². The second-order valence-corrected chi connectivity index (χ2v) is 4.03. The van der Waals surface area contributed by atoms with Gasteiger partial charge in [-0.25, -0.2) is 0 Å². The van der Waals surface area contributed by atoms with Gasteiger partial charge in [0.25, 0.3) is 7.05 Å². The van der Waals surface area contributed by atoms with E-state index in [4.69, 9.17) is 5.21 Å². The first-order valence-electron chi connectivity index (χ1n) is 6.35. The van der Waals surface area contributed by atoms with Crippen LogP contribution in [0.3, 0.4) is 0 Å². The lowest BCUT2D eigenvalue weighted by molar-refractivity contribution is 0.465. The Kier molecular flexibility index (Phi) is 5.21. The summed E-state index contributed by atoms with van der Waals surface area (Å²) in [4.78, 5) is 4.01. The monoisotopic (exact) mass is 244 g/mol. The zero-order chi connectivity index (χ0) is 13.5. The predicted molar refractivity (Wildman–Crippen MR) is 75.0 cm³/mol. The van der Waals surface area contributed by atoms with Crippen LogP contribution in [0.25, 0.3) is 9.85 Å². The van der Waals surface area contributed by atoms with Crippen LogP contribution in [0.1, 0.15) is 48.6 Å². The number of aryl methyl sites for hydroxylation is 2. The minimum atomic E-state index is 0.844. The van der Waals surface area contributed by atoms with Crippen LogP contribution in [-0.4, -0.2) is 12.3 Å². The summed E-state index contributed by atoms with van der Waals surface area (Å²) < 4.78 is 0. The molecule has 0 saturated heterocycles. The summed E-state index contributed by atoms with van der Waals surface area (Å²) >= 11 is 0. The smallest absolute Gasteiger partial charge is 0.177 e. The van der Waals surface area contributed by atoms with Crippen LogP contribution in [-0.2, 0) is 19.3 Å². The van der Waals surface area contributed by atoms with Gasteiger partial charge >= 0.3 is 12.1 Å². The van der Waals surface area contributed by atoms with Crippen LogP contribution in [0, 0.1) is 12.1 Å². The van der Waals surface area contributed by atoms with Crippen LogP contribution in [0.15, 0.2) is 6.07 Å². The van der Waals surface area contributed by atoms with E-state index in [-0.39, 0.29) is 0 Å². The molecular formula is C15H20N2O+2. The molecule has 18 heavy (non-hydrogen) atoms. The average Bonchev–Trinajstić information content (AvgIpc) is 2.40. The zero-order valence-electron chi connectivity index (χ0n) is 11.5. The molecule has 0 amide bonds. The second-order valence-electron chi connectivity index (χ2n) is 4.03. The highest BCUT2D eigenvalue weighted by molar-refractivity contribution is 5.58. The zero-order valence-corrected chi connectivity index (χ0v) is 11.5.